The first kappa shape index (κ1) is 11.9. The fourth-order valence-corrected chi connectivity index (χ4v) is 2.81. The quantitative estimate of drug-likeness (QED) is 0.578. The molecule has 0 radical (unpaired) electrons. The topological polar surface area (TPSA) is 56.2 Å². The molecule has 0 aliphatic rings. The molecule has 0 spiro atoms. The molecule has 2 N–H and O–H groups in total. The zero-order valence-electron chi connectivity index (χ0n) is 11.6. The summed E-state index contributed by atoms with van der Waals surface area (Å²) in [5.74, 6) is 0.292. The van der Waals surface area contributed by atoms with Crippen LogP contribution in [-0.4, -0.2) is 14.6 Å². The number of nitrogens with two attached hydrogens (primary N) is 1. The Morgan fingerprint density at radius 2 is 1.81 bits per heavy atom. The van der Waals surface area contributed by atoms with Crippen LogP contribution in [0.3, 0.4) is 0 Å². The fraction of sp³-hybridized carbons (Fsp3) is 0.0588. The standard InChI is InChI=1S/C17H14N4/c1-11-16-15(8-9-21(16)20-17(18)19-11)14-7-6-12-4-2-3-5-13(12)10-14/h2-10H,1H3,(H2,18,20). The van der Waals surface area contributed by atoms with E-state index in [1.54, 1.807) is 4.52 Å². The maximum Gasteiger partial charge on any atom is 0.238 e. The van der Waals surface area contributed by atoms with Crippen molar-refractivity contribution in [1.82, 2.24) is 14.6 Å². The van der Waals surface area contributed by atoms with Gasteiger partial charge in [0.05, 0.1) is 11.2 Å². The lowest BCUT2D eigenvalue weighted by molar-refractivity contribution is 0.902. The lowest BCUT2D eigenvalue weighted by Gasteiger charge is -2.05. The van der Waals surface area contributed by atoms with E-state index in [1.165, 1.54) is 10.8 Å². The number of fused-ring (bicyclic) bond motifs is 2. The highest BCUT2D eigenvalue weighted by Crippen LogP contribution is 2.29. The molecule has 2 heterocycles. The van der Waals surface area contributed by atoms with Crippen LogP contribution in [0.25, 0.3) is 27.4 Å². The molecule has 4 nitrogen and oxygen atoms in total. The van der Waals surface area contributed by atoms with E-state index in [0.717, 1.165) is 22.3 Å². The molecule has 0 saturated heterocycles. The highest BCUT2D eigenvalue weighted by atomic mass is 15.3. The minimum atomic E-state index is 0.292. The number of nitrogen functional groups attached to an aromatic ring is 1. The van der Waals surface area contributed by atoms with Crippen LogP contribution in [0.4, 0.5) is 5.95 Å². The number of rotatable bonds is 1. The lowest BCUT2D eigenvalue weighted by Crippen LogP contribution is -2.02. The van der Waals surface area contributed by atoms with Crippen LogP contribution >= 0.6 is 0 Å². The van der Waals surface area contributed by atoms with Crippen molar-refractivity contribution in [3.8, 4) is 11.1 Å². The molecule has 0 saturated carbocycles. The zero-order valence-corrected chi connectivity index (χ0v) is 11.6. The summed E-state index contributed by atoms with van der Waals surface area (Å²) >= 11 is 0. The van der Waals surface area contributed by atoms with Gasteiger partial charge in [0.1, 0.15) is 0 Å². The van der Waals surface area contributed by atoms with Gasteiger partial charge >= 0.3 is 0 Å². The van der Waals surface area contributed by atoms with Crippen LogP contribution in [0.15, 0.2) is 54.7 Å². The van der Waals surface area contributed by atoms with Crippen molar-refractivity contribution in [2.75, 3.05) is 5.73 Å². The van der Waals surface area contributed by atoms with Gasteiger partial charge in [-0.2, -0.15) is 0 Å². The highest BCUT2D eigenvalue weighted by Gasteiger charge is 2.10. The first-order valence-electron chi connectivity index (χ1n) is 6.83. The number of hydrogen-bond donors (Lipinski definition) is 1. The van der Waals surface area contributed by atoms with Crippen LogP contribution in [0.5, 0.6) is 0 Å². The summed E-state index contributed by atoms with van der Waals surface area (Å²) in [6, 6.07) is 16.9. The molecule has 0 atom stereocenters. The number of nitrogens with zero attached hydrogens (tertiary/aromatic N) is 3. The second kappa shape index (κ2) is 4.31. The van der Waals surface area contributed by atoms with Crippen LogP contribution in [0, 0.1) is 6.92 Å². The summed E-state index contributed by atoms with van der Waals surface area (Å²) in [5, 5.41) is 6.69. The molecule has 0 aliphatic heterocycles. The van der Waals surface area contributed by atoms with E-state index in [2.05, 4.69) is 58.6 Å². The first-order chi connectivity index (χ1) is 10.2. The minimum Gasteiger partial charge on any atom is -0.367 e. The number of anilines is 1. The predicted octanol–water partition coefficient (Wildman–Crippen LogP) is 3.44. The van der Waals surface area contributed by atoms with Gasteiger partial charge in [-0.3, -0.25) is 0 Å². The molecule has 0 bridgehead atoms. The van der Waals surface area contributed by atoms with Gasteiger partial charge in [-0.15, -0.1) is 5.10 Å². The van der Waals surface area contributed by atoms with Crippen LogP contribution < -0.4 is 5.73 Å². The van der Waals surface area contributed by atoms with E-state index in [1.807, 2.05) is 13.1 Å². The molecule has 21 heavy (non-hydrogen) atoms. The maximum absolute atomic E-state index is 5.70. The summed E-state index contributed by atoms with van der Waals surface area (Å²) in [5.41, 5.74) is 9.87. The summed E-state index contributed by atoms with van der Waals surface area (Å²) in [4.78, 5) is 4.27. The molecule has 2 aromatic carbocycles. The Balaban J connectivity index is 2.00. The third kappa shape index (κ3) is 1.84. The molecular formula is C17H14N4. The van der Waals surface area contributed by atoms with Crippen molar-refractivity contribution in [3.05, 3.63) is 60.4 Å². The Labute approximate surface area is 121 Å². The number of hydrogen-bond acceptors (Lipinski definition) is 3. The van der Waals surface area contributed by atoms with Crippen molar-refractivity contribution in [3.63, 3.8) is 0 Å². The van der Waals surface area contributed by atoms with Gasteiger partial charge < -0.3 is 5.73 Å². The molecule has 2 aromatic heterocycles. The third-order valence-electron chi connectivity index (χ3n) is 3.76. The van der Waals surface area contributed by atoms with Gasteiger partial charge in [0.15, 0.2) is 0 Å². The Kier molecular flexibility index (Phi) is 2.44. The Hall–Kier alpha value is -2.88. The van der Waals surface area contributed by atoms with Gasteiger partial charge in [0.25, 0.3) is 0 Å². The number of benzene rings is 2. The molecule has 4 rings (SSSR count). The molecule has 0 unspecified atom stereocenters. The van der Waals surface area contributed by atoms with E-state index in [4.69, 9.17) is 5.73 Å². The largest absolute Gasteiger partial charge is 0.367 e. The highest BCUT2D eigenvalue weighted by molar-refractivity contribution is 5.91. The lowest BCUT2D eigenvalue weighted by atomic mass is 10.0. The van der Waals surface area contributed by atoms with E-state index >= 15 is 0 Å². The van der Waals surface area contributed by atoms with Crippen molar-refractivity contribution in [2.45, 2.75) is 6.92 Å². The van der Waals surface area contributed by atoms with E-state index in [-0.39, 0.29) is 0 Å². The molecular weight excluding hydrogens is 260 g/mol. The first-order valence-corrected chi connectivity index (χ1v) is 6.83. The molecule has 4 aromatic rings. The molecule has 4 heteroatoms. The van der Waals surface area contributed by atoms with E-state index in [9.17, 15) is 0 Å². The average Bonchev–Trinajstić information content (AvgIpc) is 2.90. The number of aryl methyl sites for hydroxylation is 1. The molecule has 0 aliphatic carbocycles. The van der Waals surface area contributed by atoms with Crippen molar-refractivity contribution >= 4 is 22.2 Å². The monoisotopic (exact) mass is 274 g/mol. The van der Waals surface area contributed by atoms with Crippen LogP contribution in [-0.2, 0) is 0 Å². The van der Waals surface area contributed by atoms with Gasteiger partial charge in [-0.05, 0) is 35.4 Å². The predicted molar refractivity (Wildman–Crippen MR) is 85.1 cm³/mol. The SMILES string of the molecule is Cc1nc(N)nn2ccc(-c3ccc4ccccc4c3)c12. The van der Waals surface area contributed by atoms with Crippen molar-refractivity contribution < 1.29 is 0 Å². The maximum atomic E-state index is 5.70. The molecule has 0 fully saturated rings. The fourth-order valence-electron chi connectivity index (χ4n) is 2.81. The van der Waals surface area contributed by atoms with Gasteiger partial charge in [0, 0.05) is 11.8 Å². The van der Waals surface area contributed by atoms with E-state index in [0.29, 0.717) is 5.95 Å². The van der Waals surface area contributed by atoms with Crippen LogP contribution in [0.2, 0.25) is 0 Å². The van der Waals surface area contributed by atoms with E-state index < -0.39 is 0 Å². The van der Waals surface area contributed by atoms with Crippen LogP contribution in [0.1, 0.15) is 5.69 Å². The average molecular weight is 274 g/mol. The smallest absolute Gasteiger partial charge is 0.238 e. The van der Waals surface area contributed by atoms with Crippen molar-refractivity contribution in [1.29, 1.82) is 0 Å². The molecule has 0 amide bonds. The third-order valence-corrected chi connectivity index (χ3v) is 3.76. The molecule has 102 valence electrons. The Bertz CT molecular complexity index is 969. The second-order valence-corrected chi connectivity index (χ2v) is 5.14. The normalized spacial score (nSPS) is 11.3. The van der Waals surface area contributed by atoms with Gasteiger partial charge in [0.2, 0.25) is 5.95 Å². The zero-order chi connectivity index (χ0) is 14.4. The Morgan fingerprint density at radius 1 is 1.00 bits per heavy atom. The number of aromatic nitrogens is 3. The minimum absolute atomic E-state index is 0.292. The summed E-state index contributed by atoms with van der Waals surface area (Å²) < 4.78 is 1.79. The van der Waals surface area contributed by atoms with Gasteiger partial charge in [-0.1, -0.05) is 36.4 Å². The second-order valence-electron chi connectivity index (χ2n) is 5.14. The van der Waals surface area contributed by atoms with Gasteiger partial charge in [-0.25, -0.2) is 9.50 Å². The summed E-state index contributed by atoms with van der Waals surface area (Å²) in [7, 11) is 0. The summed E-state index contributed by atoms with van der Waals surface area (Å²) in [6.07, 6.45) is 1.92. The Morgan fingerprint density at radius 3 is 2.67 bits per heavy atom. The van der Waals surface area contributed by atoms with Crippen molar-refractivity contribution in [2.24, 2.45) is 0 Å². The summed E-state index contributed by atoms with van der Waals surface area (Å²) in [6.45, 7) is 1.96.